The third-order valence-corrected chi connectivity index (χ3v) is 4.06. The molecule has 0 spiro atoms. The summed E-state index contributed by atoms with van der Waals surface area (Å²) in [5, 5.41) is 9.36. The Hall–Kier alpha value is -1.40. The normalized spacial score (nSPS) is 18.1. The highest BCUT2D eigenvalue weighted by Gasteiger charge is 2.37. The van der Waals surface area contributed by atoms with Gasteiger partial charge in [-0.3, -0.25) is 4.90 Å². The molecule has 2 rings (SSSR count). The summed E-state index contributed by atoms with van der Waals surface area (Å²) in [4.78, 5) is 7.32. The standard InChI is InChI=1S/C11H14F3N5S/c1-10(2,7-15)19-5-3-18(4-6-19)9-16-8(17-20-9)11(12,13)14/h3-6H2,1-2H3. The van der Waals surface area contributed by atoms with Crippen LogP contribution in [-0.4, -0.2) is 46.0 Å². The van der Waals surface area contributed by atoms with Crippen molar-refractivity contribution in [2.24, 2.45) is 0 Å². The highest BCUT2D eigenvalue weighted by molar-refractivity contribution is 7.09. The van der Waals surface area contributed by atoms with Crippen LogP contribution in [0.15, 0.2) is 0 Å². The first-order valence-electron chi connectivity index (χ1n) is 6.06. The first kappa shape index (κ1) is 15.0. The summed E-state index contributed by atoms with van der Waals surface area (Å²) < 4.78 is 40.7. The molecule has 1 saturated heterocycles. The highest BCUT2D eigenvalue weighted by Crippen LogP contribution is 2.30. The van der Waals surface area contributed by atoms with Crippen LogP contribution in [0, 0.1) is 11.3 Å². The second kappa shape index (κ2) is 5.18. The van der Waals surface area contributed by atoms with E-state index < -0.39 is 17.5 Å². The first-order valence-corrected chi connectivity index (χ1v) is 6.83. The molecule has 2 heterocycles. The monoisotopic (exact) mass is 305 g/mol. The number of nitrogens with zero attached hydrogens (tertiary/aromatic N) is 5. The molecule has 9 heteroatoms. The van der Waals surface area contributed by atoms with Crippen molar-refractivity contribution in [2.75, 3.05) is 31.1 Å². The number of hydrogen-bond donors (Lipinski definition) is 0. The van der Waals surface area contributed by atoms with E-state index in [4.69, 9.17) is 5.26 Å². The van der Waals surface area contributed by atoms with Crippen LogP contribution >= 0.6 is 11.5 Å². The summed E-state index contributed by atoms with van der Waals surface area (Å²) in [6.45, 7) is 5.96. The quantitative estimate of drug-likeness (QED) is 0.836. The zero-order valence-corrected chi connectivity index (χ0v) is 11.9. The lowest BCUT2D eigenvalue weighted by atomic mass is 10.0. The van der Waals surface area contributed by atoms with E-state index in [0.717, 1.165) is 11.5 Å². The number of halogens is 3. The van der Waals surface area contributed by atoms with Gasteiger partial charge in [0, 0.05) is 37.7 Å². The number of hydrogen-bond acceptors (Lipinski definition) is 6. The van der Waals surface area contributed by atoms with E-state index >= 15 is 0 Å². The van der Waals surface area contributed by atoms with Crippen molar-refractivity contribution in [3.8, 4) is 6.07 Å². The summed E-state index contributed by atoms with van der Waals surface area (Å²) in [5.74, 6) is -1.09. The van der Waals surface area contributed by atoms with Gasteiger partial charge in [-0.1, -0.05) is 0 Å². The number of anilines is 1. The van der Waals surface area contributed by atoms with Gasteiger partial charge in [0.05, 0.1) is 6.07 Å². The largest absolute Gasteiger partial charge is 0.452 e. The van der Waals surface area contributed by atoms with E-state index in [1.165, 1.54) is 0 Å². The molecule has 1 aliphatic rings. The predicted molar refractivity (Wildman–Crippen MR) is 68.4 cm³/mol. The van der Waals surface area contributed by atoms with Crippen LogP contribution in [0.5, 0.6) is 0 Å². The van der Waals surface area contributed by atoms with Crippen LogP contribution in [0.4, 0.5) is 18.3 Å². The molecule has 0 atom stereocenters. The molecule has 0 bridgehead atoms. The topological polar surface area (TPSA) is 56.1 Å². The molecule has 1 aromatic rings. The lowest BCUT2D eigenvalue weighted by molar-refractivity contribution is -0.144. The van der Waals surface area contributed by atoms with Crippen molar-refractivity contribution in [1.29, 1.82) is 5.26 Å². The van der Waals surface area contributed by atoms with E-state index in [1.54, 1.807) is 4.90 Å². The lowest BCUT2D eigenvalue weighted by Crippen LogP contribution is -2.54. The molecule has 1 aromatic heterocycles. The second-order valence-electron chi connectivity index (χ2n) is 5.04. The second-order valence-corrected chi connectivity index (χ2v) is 5.77. The fourth-order valence-corrected chi connectivity index (χ4v) is 2.72. The fraction of sp³-hybridized carbons (Fsp3) is 0.727. The van der Waals surface area contributed by atoms with E-state index in [2.05, 4.69) is 15.4 Å². The fourth-order valence-electron chi connectivity index (χ4n) is 1.99. The Labute approximate surface area is 118 Å². The number of alkyl halides is 3. The Balaban J connectivity index is 2.01. The maximum Gasteiger partial charge on any atom is 0.452 e. The first-order chi connectivity index (χ1) is 9.24. The van der Waals surface area contributed by atoms with Gasteiger partial charge < -0.3 is 4.90 Å². The van der Waals surface area contributed by atoms with Crippen LogP contribution in [0.1, 0.15) is 19.7 Å². The summed E-state index contributed by atoms with van der Waals surface area (Å²) in [6, 6.07) is 2.22. The third kappa shape index (κ3) is 3.02. The smallest absolute Gasteiger partial charge is 0.344 e. The maximum absolute atomic E-state index is 12.5. The van der Waals surface area contributed by atoms with Gasteiger partial charge >= 0.3 is 6.18 Å². The molecule has 0 N–H and O–H groups in total. The number of piperazine rings is 1. The van der Waals surface area contributed by atoms with E-state index in [1.807, 2.05) is 18.7 Å². The Morgan fingerprint density at radius 1 is 1.20 bits per heavy atom. The van der Waals surface area contributed by atoms with Gasteiger partial charge in [-0.15, -0.1) is 0 Å². The average molecular weight is 305 g/mol. The minimum Gasteiger partial charge on any atom is -0.344 e. The molecular formula is C11H14F3N5S. The van der Waals surface area contributed by atoms with Crippen molar-refractivity contribution >= 4 is 16.7 Å². The van der Waals surface area contributed by atoms with Crippen LogP contribution in [0.2, 0.25) is 0 Å². The van der Waals surface area contributed by atoms with Crippen molar-refractivity contribution < 1.29 is 13.2 Å². The molecule has 0 aliphatic carbocycles. The highest BCUT2D eigenvalue weighted by atomic mass is 32.1. The zero-order valence-electron chi connectivity index (χ0n) is 11.1. The van der Waals surface area contributed by atoms with Crippen LogP contribution in [0.25, 0.3) is 0 Å². The molecule has 20 heavy (non-hydrogen) atoms. The van der Waals surface area contributed by atoms with Gasteiger partial charge in [-0.05, 0) is 13.8 Å². The molecule has 0 unspecified atom stereocenters. The Bertz CT molecular complexity index is 511. The van der Waals surface area contributed by atoms with E-state index in [-0.39, 0.29) is 5.13 Å². The Morgan fingerprint density at radius 3 is 2.25 bits per heavy atom. The summed E-state index contributed by atoms with van der Waals surface area (Å²) in [7, 11) is 0. The minimum atomic E-state index is -4.50. The summed E-state index contributed by atoms with van der Waals surface area (Å²) >= 11 is 0.759. The molecule has 0 saturated carbocycles. The summed E-state index contributed by atoms with van der Waals surface area (Å²) in [6.07, 6.45) is -4.50. The average Bonchev–Trinajstić information content (AvgIpc) is 2.88. The Morgan fingerprint density at radius 2 is 1.80 bits per heavy atom. The maximum atomic E-state index is 12.5. The molecule has 0 amide bonds. The molecular weight excluding hydrogens is 291 g/mol. The molecule has 5 nitrogen and oxygen atoms in total. The SMILES string of the molecule is CC(C)(C#N)N1CCN(c2nc(C(F)(F)F)ns2)CC1. The van der Waals surface area contributed by atoms with Gasteiger partial charge in [0.1, 0.15) is 5.54 Å². The van der Waals surface area contributed by atoms with Gasteiger partial charge in [0.2, 0.25) is 11.0 Å². The van der Waals surface area contributed by atoms with Crippen molar-refractivity contribution in [3.63, 3.8) is 0 Å². The van der Waals surface area contributed by atoms with Crippen molar-refractivity contribution in [2.45, 2.75) is 25.6 Å². The number of rotatable bonds is 2. The minimum absolute atomic E-state index is 0.284. The van der Waals surface area contributed by atoms with Gasteiger partial charge in [-0.2, -0.15) is 27.8 Å². The van der Waals surface area contributed by atoms with Gasteiger partial charge in [0.25, 0.3) is 0 Å². The van der Waals surface area contributed by atoms with E-state index in [9.17, 15) is 13.2 Å². The molecule has 110 valence electrons. The Kier molecular flexibility index (Phi) is 3.88. The third-order valence-electron chi connectivity index (χ3n) is 3.28. The number of nitriles is 1. The molecule has 0 radical (unpaired) electrons. The zero-order chi connectivity index (χ0) is 15.0. The molecule has 1 aliphatic heterocycles. The molecule has 0 aromatic carbocycles. The molecule has 1 fully saturated rings. The summed E-state index contributed by atoms with van der Waals surface area (Å²) in [5.41, 5.74) is -0.565. The van der Waals surface area contributed by atoms with E-state index in [0.29, 0.717) is 26.2 Å². The lowest BCUT2D eigenvalue weighted by Gasteiger charge is -2.40. The number of aromatic nitrogens is 2. The van der Waals surface area contributed by atoms with Crippen LogP contribution in [-0.2, 0) is 6.18 Å². The van der Waals surface area contributed by atoms with Crippen LogP contribution in [0.3, 0.4) is 0 Å². The van der Waals surface area contributed by atoms with Gasteiger partial charge in [0.15, 0.2) is 0 Å². The van der Waals surface area contributed by atoms with Gasteiger partial charge in [-0.25, -0.2) is 0 Å². The van der Waals surface area contributed by atoms with Crippen LogP contribution < -0.4 is 4.90 Å². The van der Waals surface area contributed by atoms with Crippen molar-refractivity contribution in [3.05, 3.63) is 5.82 Å². The van der Waals surface area contributed by atoms with Crippen molar-refractivity contribution in [1.82, 2.24) is 14.3 Å². The predicted octanol–water partition coefficient (Wildman–Crippen LogP) is 1.98.